The molecule has 1 radical (unpaired) electrons. The molecule has 0 spiro atoms. The lowest BCUT2D eigenvalue weighted by Gasteiger charge is -2.32. The average molecular weight is 192 g/mol. The van der Waals surface area contributed by atoms with Gasteiger partial charge >= 0.3 is 0 Å². The van der Waals surface area contributed by atoms with Crippen LogP contribution in [0.4, 0.5) is 0 Å². The molecule has 0 saturated carbocycles. The van der Waals surface area contributed by atoms with Gasteiger partial charge in [-0.15, -0.1) is 10.3 Å². The van der Waals surface area contributed by atoms with Gasteiger partial charge in [-0.3, -0.25) is 0 Å². The van der Waals surface area contributed by atoms with Crippen molar-refractivity contribution in [2.75, 3.05) is 0 Å². The summed E-state index contributed by atoms with van der Waals surface area (Å²) in [5.74, 6) is -1.06. The Hall–Kier alpha value is -1.10. The molecule has 75 valence electrons. The SMILES string of the molecule is CC1(C)[C@H](C#N)[C@H](C#N)C(C)(C)N1[O]. The van der Waals surface area contributed by atoms with Crippen LogP contribution in [-0.4, -0.2) is 16.1 Å². The molecule has 1 saturated heterocycles. The first-order valence-corrected chi connectivity index (χ1v) is 4.57. The minimum Gasteiger partial charge on any atom is -0.198 e. The topological polar surface area (TPSA) is 70.7 Å². The van der Waals surface area contributed by atoms with Crippen molar-refractivity contribution in [1.29, 1.82) is 10.5 Å². The molecule has 1 aliphatic heterocycles. The highest BCUT2D eigenvalue weighted by Gasteiger charge is 2.60. The van der Waals surface area contributed by atoms with Crippen LogP contribution in [0, 0.1) is 34.5 Å². The lowest BCUT2D eigenvalue weighted by molar-refractivity contribution is -0.248. The van der Waals surface area contributed by atoms with E-state index in [9.17, 15) is 5.21 Å². The highest BCUT2D eigenvalue weighted by molar-refractivity contribution is 5.20. The second-order valence-corrected chi connectivity index (χ2v) is 4.82. The molecule has 0 aromatic carbocycles. The van der Waals surface area contributed by atoms with Gasteiger partial charge in [-0.2, -0.15) is 10.5 Å². The van der Waals surface area contributed by atoms with Crippen molar-refractivity contribution in [3.8, 4) is 12.1 Å². The molecular weight excluding hydrogens is 178 g/mol. The first-order chi connectivity index (χ1) is 6.30. The highest BCUT2D eigenvalue weighted by Crippen LogP contribution is 2.47. The van der Waals surface area contributed by atoms with Gasteiger partial charge in [0.1, 0.15) is 0 Å². The van der Waals surface area contributed by atoms with Gasteiger partial charge in [0.2, 0.25) is 0 Å². The molecule has 4 heteroatoms. The lowest BCUT2D eigenvalue weighted by atomic mass is 9.79. The van der Waals surface area contributed by atoms with Crippen LogP contribution in [0.5, 0.6) is 0 Å². The zero-order valence-electron chi connectivity index (χ0n) is 8.90. The summed E-state index contributed by atoms with van der Waals surface area (Å²) < 4.78 is 0. The van der Waals surface area contributed by atoms with E-state index in [0.29, 0.717) is 0 Å². The number of hydroxylamine groups is 2. The predicted octanol–water partition coefficient (Wildman–Crippen LogP) is 1.48. The van der Waals surface area contributed by atoms with Gasteiger partial charge in [-0.05, 0) is 27.7 Å². The van der Waals surface area contributed by atoms with Crippen LogP contribution in [0.15, 0.2) is 0 Å². The van der Waals surface area contributed by atoms with E-state index in [1.807, 2.05) is 0 Å². The molecule has 0 amide bonds. The van der Waals surface area contributed by atoms with Crippen LogP contribution in [0.2, 0.25) is 0 Å². The minimum atomic E-state index is -0.779. The van der Waals surface area contributed by atoms with Crippen molar-refractivity contribution < 1.29 is 5.21 Å². The van der Waals surface area contributed by atoms with Gasteiger partial charge in [-0.1, -0.05) is 0 Å². The van der Waals surface area contributed by atoms with Crippen LogP contribution in [0.3, 0.4) is 0 Å². The molecule has 1 rings (SSSR count). The Labute approximate surface area is 84.3 Å². The Kier molecular flexibility index (Phi) is 2.31. The van der Waals surface area contributed by atoms with Gasteiger partial charge < -0.3 is 0 Å². The van der Waals surface area contributed by atoms with Crippen molar-refractivity contribution in [2.45, 2.75) is 38.8 Å². The van der Waals surface area contributed by atoms with Crippen LogP contribution >= 0.6 is 0 Å². The normalized spacial score (nSPS) is 34.8. The zero-order chi connectivity index (χ0) is 11.1. The van der Waals surface area contributed by atoms with E-state index in [2.05, 4.69) is 12.1 Å². The van der Waals surface area contributed by atoms with Gasteiger partial charge in [-0.25, -0.2) is 0 Å². The quantitative estimate of drug-likeness (QED) is 0.583. The Morgan fingerprint density at radius 1 is 1.00 bits per heavy atom. The fourth-order valence-corrected chi connectivity index (χ4v) is 2.28. The molecule has 1 heterocycles. The van der Waals surface area contributed by atoms with E-state index in [-0.39, 0.29) is 0 Å². The van der Waals surface area contributed by atoms with Crippen molar-refractivity contribution in [3.63, 3.8) is 0 Å². The molecular formula is C10H14N3O. The third-order valence-electron chi connectivity index (χ3n) is 3.18. The van der Waals surface area contributed by atoms with E-state index in [1.54, 1.807) is 27.7 Å². The minimum absolute atomic E-state index is 0.528. The fraction of sp³-hybridized carbons (Fsp3) is 0.800. The molecule has 0 aromatic heterocycles. The molecule has 0 unspecified atom stereocenters. The monoisotopic (exact) mass is 192 g/mol. The van der Waals surface area contributed by atoms with E-state index in [0.717, 1.165) is 5.06 Å². The predicted molar refractivity (Wildman–Crippen MR) is 48.9 cm³/mol. The molecule has 4 nitrogen and oxygen atoms in total. The standard InChI is InChI=1S/C10H14N3O/c1-9(2)7(5-11)8(6-12)10(3,4)13(9)14/h7-8H,1-4H3/t7-,8+. The molecule has 0 N–H and O–H groups in total. The lowest BCUT2D eigenvalue weighted by Crippen LogP contribution is -2.46. The Balaban J connectivity index is 3.24. The molecule has 1 fully saturated rings. The van der Waals surface area contributed by atoms with Crippen molar-refractivity contribution >= 4 is 0 Å². The maximum atomic E-state index is 11.9. The third-order valence-corrected chi connectivity index (χ3v) is 3.18. The molecule has 1 aliphatic rings. The summed E-state index contributed by atoms with van der Waals surface area (Å²) in [5, 5.41) is 30.8. The third kappa shape index (κ3) is 1.12. The van der Waals surface area contributed by atoms with Gasteiger partial charge in [0.25, 0.3) is 0 Å². The maximum absolute atomic E-state index is 11.9. The number of nitriles is 2. The summed E-state index contributed by atoms with van der Waals surface area (Å²) in [5.41, 5.74) is -1.56. The first kappa shape index (κ1) is 11.0. The van der Waals surface area contributed by atoms with Gasteiger partial charge in [0.15, 0.2) is 0 Å². The second-order valence-electron chi connectivity index (χ2n) is 4.82. The largest absolute Gasteiger partial charge is 0.198 e. The number of nitrogens with zero attached hydrogens (tertiary/aromatic N) is 3. The fourth-order valence-electron chi connectivity index (χ4n) is 2.28. The van der Waals surface area contributed by atoms with E-state index in [1.165, 1.54) is 0 Å². The summed E-state index contributed by atoms with van der Waals surface area (Å²) in [7, 11) is 0. The van der Waals surface area contributed by atoms with Crippen LogP contribution in [0.1, 0.15) is 27.7 Å². The van der Waals surface area contributed by atoms with E-state index < -0.39 is 22.9 Å². The smallest absolute Gasteiger partial charge is 0.0842 e. The summed E-state index contributed by atoms with van der Waals surface area (Å²) in [6.45, 7) is 6.86. The summed E-state index contributed by atoms with van der Waals surface area (Å²) in [4.78, 5) is 0. The van der Waals surface area contributed by atoms with E-state index in [4.69, 9.17) is 10.5 Å². The van der Waals surface area contributed by atoms with Crippen molar-refractivity contribution in [2.24, 2.45) is 11.8 Å². The van der Waals surface area contributed by atoms with Crippen molar-refractivity contribution in [3.05, 3.63) is 0 Å². The highest BCUT2D eigenvalue weighted by atomic mass is 16.5. The first-order valence-electron chi connectivity index (χ1n) is 4.57. The van der Waals surface area contributed by atoms with E-state index >= 15 is 0 Å². The molecule has 0 bridgehead atoms. The molecule has 14 heavy (non-hydrogen) atoms. The molecule has 0 aliphatic carbocycles. The zero-order valence-corrected chi connectivity index (χ0v) is 8.90. The summed E-state index contributed by atoms with van der Waals surface area (Å²) >= 11 is 0. The maximum Gasteiger partial charge on any atom is 0.0842 e. The Morgan fingerprint density at radius 3 is 1.50 bits per heavy atom. The number of rotatable bonds is 0. The van der Waals surface area contributed by atoms with Gasteiger partial charge in [0.05, 0.1) is 35.1 Å². The van der Waals surface area contributed by atoms with Crippen LogP contribution in [-0.2, 0) is 5.21 Å². The average Bonchev–Trinajstić information content (AvgIpc) is 2.22. The summed E-state index contributed by atoms with van der Waals surface area (Å²) in [6.07, 6.45) is 0. The Morgan fingerprint density at radius 2 is 1.29 bits per heavy atom. The Bertz CT molecular complexity index is 289. The number of hydrogen-bond donors (Lipinski definition) is 0. The van der Waals surface area contributed by atoms with Gasteiger partial charge in [0, 0.05) is 0 Å². The van der Waals surface area contributed by atoms with Crippen LogP contribution in [0.25, 0.3) is 0 Å². The summed E-state index contributed by atoms with van der Waals surface area (Å²) in [6, 6.07) is 4.15. The number of hydrogen-bond acceptors (Lipinski definition) is 3. The van der Waals surface area contributed by atoms with Crippen LogP contribution < -0.4 is 0 Å². The second kappa shape index (κ2) is 2.95. The molecule has 0 aromatic rings. The molecule has 2 atom stereocenters. The van der Waals surface area contributed by atoms with Crippen molar-refractivity contribution in [1.82, 2.24) is 5.06 Å².